The van der Waals surface area contributed by atoms with Crippen molar-refractivity contribution in [1.29, 1.82) is 0 Å². The Morgan fingerprint density at radius 3 is 3.06 bits per heavy atom. The van der Waals surface area contributed by atoms with E-state index in [4.69, 9.17) is 9.47 Å². The summed E-state index contributed by atoms with van der Waals surface area (Å²) in [5, 5.41) is 10.2. The van der Waals surface area contributed by atoms with Crippen molar-refractivity contribution < 1.29 is 14.6 Å². The van der Waals surface area contributed by atoms with Gasteiger partial charge < -0.3 is 14.6 Å². The lowest BCUT2D eigenvalue weighted by atomic mass is 9.56. The Bertz CT molecular complexity index is 352. The molecule has 0 spiro atoms. The lowest BCUT2D eigenvalue weighted by Gasteiger charge is -2.56. The molecule has 0 aromatic rings. The van der Waals surface area contributed by atoms with Crippen LogP contribution in [0.2, 0.25) is 0 Å². The third kappa shape index (κ3) is 1.75. The molecule has 0 bridgehead atoms. The molecule has 3 rings (SSSR count). The molecule has 1 aliphatic heterocycles. The van der Waals surface area contributed by atoms with Gasteiger partial charge in [0.15, 0.2) is 6.29 Å². The van der Waals surface area contributed by atoms with Crippen molar-refractivity contribution in [3.05, 3.63) is 11.6 Å². The first-order chi connectivity index (χ1) is 8.66. The highest BCUT2D eigenvalue weighted by molar-refractivity contribution is 5.28. The quantitative estimate of drug-likeness (QED) is 0.768. The van der Waals surface area contributed by atoms with Crippen molar-refractivity contribution in [2.45, 2.75) is 64.4 Å². The first-order valence-electron chi connectivity index (χ1n) is 7.32. The molecule has 0 amide bonds. The van der Waals surface area contributed by atoms with Gasteiger partial charge in [-0.05, 0) is 44.1 Å². The first-order valence-corrected chi connectivity index (χ1v) is 7.32. The second-order valence-electron chi connectivity index (χ2n) is 6.05. The number of allylic oxidation sites excluding steroid dienone is 1. The van der Waals surface area contributed by atoms with Crippen LogP contribution in [0.4, 0.5) is 0 Å². The Hall–Kier alpha value is -0.380. The van der Waals surface area contributed by atoms with E-state index in [1.165, 1.54) is 5.57 Å². The normalized spacial score (nSPS) is 47.4. The maximum absolute atomic E-state index is 10.2. The second-order valence-corrected chi connectivity index (χ2v) is 6.05. The van der Waals surface area contributed by atoms with Crippen LogP contribution in [-0.2, 0) is 9.47 Å². The molecule has 1 heterocycles. The van der Waals surface area contributed by atoms with E-state index in [2.05, 4.69) is 13.0 Å². The zero-order chi connectivity index (χ0) is 12.8. The molecule has 3 aliphatic rings. The van der Waals surface area contributed by atoms with E-state index in [0.29, 0.717) is 12.5 Å². The minimum atomic E-state index is -0.249. The number of rotatable bonds is 2. The average molecular weight is 252 g/mol. The number of aliphatic hydroxyl groups excluding tert-OH is 1. The fourth-order valence-corrected chi connectivity index (χ4v) is 4.24. The van der Waals surface area contributed by atoms with Crippen LogP contribution in [0.3, 0.4) is 0 Å². The molecule has 1 saturated heterocycles. The second kappa shape index (κ2) is 4.62. The number of ether oxygens (including phenoxy) is 2. The van der Waals surface area contributed by atoms with Crippen molar-refractivity contribution >= 4 is 0 Å². The van der Waals surface area contributed by atoms with Gasteiger partial charge in [-0.25, -0.2) is 0 Å². The minimum Gasteiger partial charge on any atom is -0.389 e. The highest BCUT2D eigenvalue weighted by Gasteiger charge is 2.54. The predicted octanol–water partition coefficient (Wildman–Crippen LogP) is 2.64. The van der Waals surface area contributed by atoms with Crippen molar-refractivity contribution in [2.24, 2.45) is 11.3 Å². The maximum Gasteiger partial charge on any atom is 0.158 e. The van der Waals surface area contributed by atoms with E-state index < -0.39 is 0 Å². The summed E-state index contributed by atoms with van der Waals surface area (Å²) in [6, 6.07) is 0. The first kappa shape index (κ1) is 12.6. The molecule has 1 unspecified atom stereocenters. The number of hydrogen-bond donors (Lipinski definition) is 1. The Kier molecular flexibility index (Phi) is 3.25. The van der Waals surface area contributed by atoms with Gasteiger partial charge in [0.2, 0.25) is 0 Å². The fourth-order valence-electron chi connectivity index (χ4n) is 4.24. The summed E-state index contributed by atoms with van der Waals surface area (Å²) < 4.78 is 11.8. The Morgan fingerprint density at radius 2 is 2.28 bits per heavy atom. The zero-order valence-electron chi connectivity index (χ0n) is 11.4. The van der Waals surface area contributed by atoms with Crippen LogP contribution in [0.15, 0.2) is 11.6 Å². The third-order valence-corrected chi connectivity index (χ3v) is 5.23. The smallest absolute Gasteiger partial charge is 0.158 e. The molecule has 102 valence electrons. The summed E-state index contributed by atoms with van der Waals surface area (Å²) in [5.74, 6) is 0.600. The number of hydrogen-bond acceptors (Lipinski definition) is 3. The average Bonchev–Trinajstić information content (AvgIpc) is 2.34. The third-order valence-electron chi connectivity index (χ3n) is 5.23. The van der Waals surface area contributed by atoms with Crippen LogP contribution in [-0.4, -0.2) is 30.2 Å². The van der Waals surface area contributed by atoms with Gasteiger partial charge in [0, 0.05) is 18.4 Å². The molecule has 18 heavy (non-hydrogen) atoms. The lowest BCUT2D eigenvalue weighted by Crippen LogP contribution is -2.55. The van der Waals surface area contributed by atoms with Gasteiger partial charge in [0.25, 0.3) is 0 Å². The molecule has 1 N–H and O–H groups in total. The van der Waals surface area contributed by atoms with Gasteiger partial charge in [0.1, 0.15) is 0 Å². The molecule has 0 aromatic carbocycles. The van der Waals surface area contributed by atoms with E-state index in [0.717, 1.165) is 32.1 Å². The highest BCUT2D eigenvalue weighted by Crippen LogP contribution is 2.56. The summed E-state index contributed by atoms with van der Waals surface area (Å²) in [7, 11) is 0. The van der Waals surface area contributed by atoms with Crippen molar-refractivity contribution in [1.82, 2.24) is 0 Å². The van der Waals surface area contributed by atoms with E-state index >= 15 is 0 Å². The van der Waals surface area contributed by atoms with Crippen LogP contribution in [0, 0.1) is 11.3 Å². The number of aliphatic hydroxyl groups is 1. The Balaban J connectivity index is 1.89. The molecule has 1 saturated carbocycles. The monoisotopic (exact) mass is 252 g/mol. The Morgan fingerprint density at radius 1 is 1.44 bits per heavy atom. The molecular formula is C15H24O3. The van der Waals surface area contributed by atoms with Crippen LogP contribution < -0.4 is 0 Å². The summed E-state index contributed by atoms with van der Waals surface area (Å²) in [5.41, 5.74) is 1.29. The van der Waals surface area contributed by atoms with Gasteiger partial charge in [0.05, 0.1) is 12.2 Å². The standard InChI is InChI=1S/C15H24O3/c1-3-17-14-9-10-7-8-12(16)11-5-4-6-13(18-14)15(10,11)2/h5,10,12-14,16H,3-4,6-9H2,1-2H3/t10-,12+,13-,14?,15+/m1/s1. The van der Waals surface area contributed by atoms with Gasteiger partial charge in [-0.2, -0.15) is 0 Å². The van der Waals surface area contributed by atoms with E-state index in [1.54, 1.807) is 0 Å². The predicted molar refractivity (Wildman–Crippen MR) is 69.1 cm³/mol. The summed E-state index contributed by atoms with van der Waals surface area (Å²) in [4.78, 5) is 0. The molecule has 2 fully saturated rings. The van der Waals surface area contributed by atoms with Crippen LogP contribution in [0.5, 0.6) is 0 Å². The van der Waals surface area contributed by atoms with Crippen molar-refractivity contribution in [3.63, 3.8) is 0 Å². The van der Waals surface area contributed by atoms with Crippen LogP contribution >= 0.6 is 0 Å². The summed E-state index contributed by atoms with van der Waals surface area (Å²) in [6.45, 7) is 5.03. The highest BCUT2D eigenvalue weighted by atomic mass is 16.7. The van der Waals surface area contributed by atoms with Gasteiger partial charge in [-0.1, -0.05) is 13.0 Å². The molecule has 0 radical (unpaired) electrons. The lowest BCUT2D eigenvalue weighted by molar-refractivity contribution is -0.249. The fraction of sp³-hybridized carbons (Fsp3) is 0.867. The van der Waals surface area contributed by atoms with E-state index in [9.17, 15) is 5.11 Å². The van der Waals surface area contributed by atoms with Crippen LogP contribution in [0.25, 0.3) is 0 Å². The molecule has 0 aromatic heterocycles. The SMILES string of the molecule is CCOC1C[C@H]2CC[C@H](O)C3=CCC[C@@H](O1)[C@]32C. The zero-order valence-corrected chi connectivity index (χ0v) is 11.4. The molecule has 3 nitrogen and oxygen atoms in total. The van der Waals surface area contributed by atoms with Crippen molar-refractivity contribution in [2.75, 3.05) is 6.61 Å². The van der Waals surface area contributed by atoms with Crippen LogP contribution in [0.1, 0.15) is 46.0 Å². The molecule has 3 heteroatoms. The largest absolute Gasteiger partial charge is 0.389 e. The van der Waals surface area contributed by atoms with Gasteiger partial charge in [-0.3, -0.25) is 0 Å². The van der Waals surface area contributed by atoms with Gasteiger partial charge in [-0.15, -0.1) is 0 Å². The topological polar surface area (TPSA) is 38.7 Å². The van der Waals surface area contributed by atoms with Crippen molar-refractivity contribution in [3.8, 4) is 0 Å². The Labute approximate surface area is 109 Å². The molecule has 5 atom stereocenters. The molecule has 2 aliphatic carbocycles. The summed E-state index contributed by atoms with van der Waals surface area (Å²) in [6.07, 6.45) is 7.26. The maximum atomic E-state index is 10.2. The van der Waals surface area contributed by atoms with E-state index in [-0.39, 0.29) is 23.9 Å². The van der Waals surface area contributed by atoms with E-state index in [1.807, 2.05) is 6.92 Å². The minimum absolute atomic E-state index is 0.0346. The molecular weight excluding hydrogens is 228 g/mol. The summed E-state index contributed by atoms with van der Waals surface area (Å²) >= 11 is 0. The van der Waals surface area contributed by atoms with Gasteiger partial charge >= 0.3 is 0 Å².